The predicted molar refractivity (Wildman–Crippen MR) is 261 cm³/mol. The van der Waals surface area contributed by atoms with Gasteiger partial charge in [-0.05, 0) is 44.9 Å². The Morgan fingerprint density at radius 2 is 0.717 bits per heavy atom. The molecule has 0 rings (SSSR count). The SMILES string of the molecule is CCCCCCCCCCC/C=C\C/C=C\CCCCCCCCCCCCCCCCC(O)C(=O)NC(CO)C(O)C(O)CCCCCCCCCCCCCCCC. The van der Waals surface area contributed by atoms with Crippen molar-refractivity contribution in [3.63, 3.8) is 0 Å². The molecule has 0 saturated heterocycles. The molecule has 0 aromatic carbocycles. The lowest BCUT2D eigenvalue weighted by Crippen LogP contribution is -2.53. The number of nitrogens with one attached hydrogen (secondary N) is 1. The predicted octanol–water partition coefficient (Wildman–Crippen LogP) is 15.1. The molecule has 0 radical (unpaired) electrons. The maximum absolute atomic E-state index is 12.6. The Balaban J connectivity index is 3.60. The Morgan fingerprint density at radius 3 is 1.05 bits per heavy atom. The zero-order chi connectivity index (χ0) is 43.8. The number of hydrogen-bond donors (Lipinski definition) is 5. The summed E-state index contributed by atoms with van der Waals surface area (Å²) in [5.74, 6) is -0.581. The summed E-state index contributed by atoms with van der Waals surface area (Å²) in [4.78, 5) is 12.6. The van der Waals surface area contributed by atoms with Gasteiger partial charge >= 0.3 is 0 Å². The highest BCUT2D eigenvalue weighted by Gasteiger charge is 2.28. The molecule has 0 heterocycles. The Labute approximate surface area is 374 Å². The second kappa shape index (κ2) is 48.8. The Morgan fingerprint density at radius 1 is 0.417 bits per heavy atom. The lowest BCUT2D eigenvalue weighted by Gasteiger charge is -2.27. The second-order valence-electron chi connectivity index (χ2n) is 18.6. The van der Waals surface area contributed by atoms with Crippen molar-refractivity contribution >= 4 is 5.91 Å². The number of allylic oxidation sites excluding steroid dienone is 4. The fourth-order valence-electron chi connectivity index (χ4n) is 8.44. The number of amides is 1. The molecule has 0 spiro atoms. The van der Waals surface area contributed by atoms with Crippen molar-refractivity contribution < 1.29 is 25.2 Å². The van der Waals surface area contributed by atoms with Crippen LogP contribution in [0, 0.1) is 0 Å². The number of carbonyl (C=O) groups excluding carboxylic acids is 1. The molecule has 0 bridgehead atoms. The van der Waals surface area contributed by atoms with Crippen LogP contribution in [0.2, 0.25) is 0 Å². The third-order valence-corrected chi connectivity index (χ3v) is 12.7. The molecule has 6 nitrogen and oxygen atoms in total. The van der Waals surface area contributed by atoms with Gasteiger partial charge in [-0.25, -0.2) is 0 Å². The number of hydrogen-bond acceptors (Lipinski definition) is 5. The van der Waals surface area contributed by atoms with Gasteiger partial charge < -0.3 is 25.7 Å². The summed E-state index contributed by atoms with van der Waals surface area (Å²) in [6.07, 6.45) is 58.1. The topological polar surface area (TPSA) is 110 Å². The van der Waals surface area contributed by atoms with Gasteiger partial charge in [0, 0.05) is 0 Å². The van der Waals surface area contributed by atoms with Crippen molar-refractivity contribution in [1.29, 1.82) is 0 Å². The van der Waals surface area contributed by atoms with E-state index in [0.29, 0.717) is 12.8 Å². The molecule has 6 heteroatoms. The van der Waals surface area contributed by atoms with Gasteiger partial charge in [0.1, 0.15) is 12.2 Å². The van der Waals surface area contributed by atoms with Gasteiger partial charge in [-0.2, -0.15) is 0 Å². The normalized spacial score (nSPS) is 14.0. The molecule has 1 amide bonds. The summed E-state index contributed by atoms with van der Waals surface area (Å²) in [7, 11) is 0. The molecule has 4 atom stereocenters. The molecule has 60 heavy (non-hydrogen) atoms. The first kappa shape index (κ1) is 58.8. The van der Waals surface area contributed by atoms with Crippen molar-refractivity contribution in [2.75, 3.05) is 6.61 Å². The van der Waals surface area contributed by atoms with Crippen LogP contribution in [0.15, 0.2) is 24.3 Å². The first-order valence-electron chi connectivity index (χ1n) is 26.7. The minimum Gasteiger partial charge on any atom is -0.394 e. The van der Waals surface area contributed by atoms with Crippen LogP contribution in [0.1, 0.15) is 284 Å². The van der Waals surface area contributed by atoms with E-state index >= 15 is 0 Å². The lowest BCUT2D eigenvalue weighted by molar-refractivity contribution is -0.132. The van der Waals surface area contributed by atoms with E-state index in [0.717, 1.165) is 44.9 Å². The summed E-state index contributed by atoms with van der Waals surface area (Å²) in [6.45, 7) is 4.07. The van der Waals surface area contributed by atoms with Crippen LogP contribution in [-0.2, 0) is 4.79 Å². The zero-order valence-electron chi connectivity index (χ0n) is 40.2. The van der Waals surface area contributed by atoms with E-state index in [1.807, 2.05) is 0 Å². The van der Waals surface area contributed by atoms with Crippen molar-refractivity contribution in [2.45, 2.75) is 308 Å². The van der Waals surface area contributed by atoms with E-state index in [9.17, 15) is 25.2 Å². The molecule has 5 N–H and O–H groups in total. The molecule has 0 aliphatic carbocycles. The van der Waals surface area contributed by atoms with Crippen LogP contribution in [0.4, 0.5) is 0 Å². The molecular weight excluding hydrogens is 743 g/mol. The Hall–Kier alpha value is -1.21. The highest BCUT2D eigenvalue weighted by atomic mass is 16.3. The monoisotopic (exact) mass is 848 g/mol. The third-order valence-electron chi connectivity index (χ3n) is 12.7. The van der Waals surface area contributed by atoms with Gasteiger partial charge in [0.25, 0.3) is 0 Å². The average molecular weight is 848 g/mol. The van der Waals surface area contributed by atoms with E-state index in [2.05, 4.69) is 43.5 Å². The maximum Gasteiger partial charge on any atom is 0.249 e. The van der Waals surface area contributed by atoms with Crippen LogP contribution >= 0.6 is 0 Å². The maximum atomic E-state index is 12.6. The summed E-state index contributed by atoms with van der Waals surface area (Å²) < 4.78 is 0. The first-order valence-corrected chi connectivity index (χ1v) is 26.7. The van der Waals surface area contributed by atoms with Crippen LogP contribution in [0.5, 0.6) is 0 Å². The number of rotatable bonds is 49. The lowest BCUT2D eigenvalue weighted by atomic mass is 9.99. The Kier molecular flexibility index (Phi) is 47.8. The molecule has 0 fully saturated rings. The van der Waals surface area contributed by atoms with Gasteiger partial charge in [-0.1, -0.05) is 263 Å². The highest BCUT2D eigenvalue weighted by molar-refractivity contribution is 5.80. The van der Waals surface area contributed by atoms with Crippen molar-refractivity contribution in [3.05, 3.63) is 24.3 Å². The van der Waals surface area contributed by atoms with Crippen LogP contribution in [-0.4, -0.2) is 57.3 Å². The van der Waals surface area contributed by atoms with Gasteiger partial charge in [-0.15, -0.1) is 0 Å². The van der Waals surface area contributed by atoms with E-state index in [1.54, 1.807) is 0 Å². The Bertz CT molecular complexity index is 909. The zero-order valence-corrected chi connectivity index (χ0v) is 40.2. The summed E-state index contributed by atoms with van der Waals surface area (Å²) in [6, 6.07) is -0.983. The minimum atomic E-state index is -1.26. The molecule has 0 aliphatic heterocycles. The van der Waals surface area contributed by atoms with Crippen LogP contribution in [0.25, 0.3) is 0 Å². The fraction of sp³-hybridized carbons (Fsp3) is 0.907. The molecule has 0 aromatic heterocycles. The van der Waals surface area contributed by atoms with E-state index < -0.39 is 36.9 Å². The summed E-state index contributed by atoms with van der Waals surface area (Å²) >= 11 is 0. The minimum absolute atomic E-state index is 0.371. The molecule has 356 valence electrons. The number of aliphatic hydroxyl groups excluding tert-OH is 4. The van der Waals surface area contributed by atoms with Gasteiger partial charge in [0.2, 0.25) is 5.91 Å². The fourth-order valence-corrected chi connectivity index (χ4v) is 8.44. The second-order valence-corrected chi connectivity index (χ2v) is 18.6. The van der Waals surface area contributed by atoms with Gasteiger partial charge in [0.05, 0.1) is 18.8 Å². The highest BCUT2D eigenvalue weighted by Crippen LogP contribution is 2.17. The molecule has 4 unspecified atom stereocenters. The van der Waals surface area contributed by atoms with E-state index in [4.69, 9.17) is 0 Å². The number of aliphatic hydroxyl groups is 4. The van der Waals surface area contributed by atoms with Crippen molar-refractivity contribution in [1.82, 2.24) is 5.32 Å². The van der Waals surface area contributed by atoms with E-state index in [-0.39, 0.29) is 0 Å². The van der Waals surface area contributed by atoms with Crippen molar-refractivity contribution in [2.24, 2.45) is 0 Å². The smallest absolute Gasteiger partial charge is 0.249 e. The largest absolute Gasteiger partial charge is 0.394 e. The van der Waals surface area contributed by atoms with Gasteiger partial charge in [0.15, 0.2) is 0 Å². The quantitative estimate of drug-likeness (QED) is 0.0309. The number of carbonyl (C=O) groups is 1. The van der Waals surface area contributed by atoms with E-state index in [1.165, 1.54) is 212 Å². The first-order chi connectivity index (χ1) is 29.5. The van der Waals surface area contributed by atoms with Gasteiger partial charge in [-0.3, -0.25) is 4.79 Å². The average Bonchev–Trinajstić information content (AvgIpc) is 3.25. The van der Waals surface area contributed by atoms with Crippen LogP contribution < -0.4 is 5.32 Å². The van der Waals surface area contributed by atoms with Crippen molar-refractivity contribution in [3.8, 4) is 0 Å². The third kappa shape index (κ3) is 42.1. The van der Waals surface area contributed by atoms with Crippen LogP contribution in [0.3, 0.4) is 0 Å². The molecular formula is C54H105NO5. The molecule has 0 saturated carbocycles. The number of unbranched alkanes of at least 4 members (excludes halogenated alkanes) is 36. The summed E-state index contributed by atoms with van der Waals surface area (Å²) in [5.41, 5.74) is 0. The standard InChI is InChI=1S/C54H105NO5/c1-3-5-7-9-11-13-15-17-19-20-21-22-23-24-25-26-27-28-29-30-31-32-33-34-36-38-40-42-44-46-48-52(58)54(60)55-50(49-56)53(59)51(57)47-45-43-41-39-37-35-18-16-14-12-10-8-6-4-2/h21-22,24-25,50-53,56-59H,3-20,23,26-49H2,1-2H3,(H,55,60)/b22-21-,25-24-. The summed E-state index contributed by atoms with van der Waals surface area (Å²) in [5, 5.41) is 43.9. The molecule has 0 aliphatic rings. The molecule has 0 aromatic rings.